The topological polar surface area (TPSA) is 587 Å². The van der Waals surface area contributed by atoms with Gasteiger partial charge in [0, 0.05) is 121 Å². The van der Waals surface area contributed by atoms with Crippen LogP contribution >= 0.6 is 51.7 Å². The van der Waals surface area contributed by atoms with E-state index in [0.29, 0.717) is 90.5 Å². The first-order chi connectivity index (χ1) is 66.3. The van der Waals surface area contributed by atoms with Crippen molar-refractivity contribution in [1.82, 2.24) is 95.9 Å². The zero-order valence-electron chi connectivity index (χ0n) is 81.5. The first-order valence-electron chi connectivity index (χ1n) is 43.0. The van der Waals surface area contributed by atoms with Crippen molar-refractivity contribution in [3.8, 4) is 23.5 Å². The number of ketones is 2. The molecule has 1 unspecified atom stereocenters. The predicted octanol–water partition coefficient (Wildman–Crippen LogP) is 0.631. The fourth-order valence-corrected chi connectivity index (χ4v) is 11.6. The molecule has 0 spiro atoms. The van der Waals surface area contributed by atoms with Crippen molar-refractivity contribution < 1.29 is 115 Å². The standard InChI is InChI=1S/C22H26N6O5.C17H21N3O3.C16H19N3O4.C9H9BrO.C8H13N3O2.C6H9N3O2.C5H10O.C4H10BrN.C4H4N2O2.BClOP.2Li.H2O/c1-23-10-5-11-33-18-8-9-19(29)28(25-18)13-15-6-4-7-16(12-15)21(30)24-17-14-27(2)26-20(17)22(31)32-3;1-13(21)15-6-3-5-14(11-15)12-20-17(22)8-7-16(19-20)23-10-4-9-18-2;1-17-8-3-9-23-14-6-7-15(20)19(18-14)11-12-4-2-5-13(10-12)16(21)22;1-7(11)9-4-2-3-8(5-9)6-10;1-9-5-2-6-13-8-4-3-7(12)10-11-8;1-9-3-4(7)5(8-9)6(10)11-2;1-5-3-2-4-6-5;1-6-4-2-3-5;7-3-1-2-4(8)6-5-3;2-1-4-3;;;/h4,6-9,12,14,23H,5,10-11,13H2,1-3H3,(H,24,30);3,5-8,11,18H,4,9-10,12H2,1-2H3;2,4-7,10,17H,3,8-9,11H2,1H3,(H,21,22);2-5H,6H2,1H3;3-4,9H,2,5-6H2,1H3,(H,10,12);3H,7H2,1-2H3;5H,2-4H2,1H3;6H,2-4H2,1H3;1-2H,(H,5,7)(H,6,8);;;;1H2/q;;;;;;;;;;2*+1;/p-2. The van der Waals surface area contributed by atoms with Crippen molar-refractivity contribution in [2.45, 2.75) is 96.8 Å². The van der Waals surface area contributed by atoms with Crippen LogP contribution < -0.4 is 133 Å². The molecule has 1 saturated heterocycles. The fourth-order valence-electron chi connectivity index (χ4n) is 11.0. The van der Waals surface area contributed by atoms with Crippen LogP contribution in [0.15, 0.2) is 199 Å². The largest absolute Gasteiger partial charge is 1.00 e. The number of alkyl halides is 2. The Balaban J connectivity index is 0.00000163. The van der Waals surface area contributed by atoms with Gasteiger partial charge in [-0.1, -0.05) is 98.6 Å². The summed E-state index contributed by atoms with van der Waals surface area (Å²) < 4.78 is 52.0. The van der Waals surface area contributed by atoms with Gasteiger partial charge in [0.25, 0.3) is 39.3 Å². The summed E-state index contributed by atoms with van der Waals surface area (Å²) in [7, 11) is 15.2. The van der Waals surface area contributed by atoms with Crippen molar-refractivity contribution in [3.05, 3.63) is 288 Å². The number of aromatic carboxylic acids is 1. The van der Waals surface area contributed by atoms with E-state index in [9.17, 15) is 62.6 Å². The normalized spacial score (nSPS) is 10.9. The van der Waals surface area contributed by atoms with Crippen LogP contribution in [-0.2, 0) is 57.8 Å². The third kappa shape index (κ3) is 55.2. The maximum absolute atomic E-state index is 12.8. The number of nitrogen functional groups attached to an aromatic ring is 1. The van der Waals surface area contributed by atoms with Crippen molar-refractivity contribution in [1.29, 1.82) is 0 Å². The summed E-state index contributed by atoms with van der Waals surface area (Å²) in [6, 6.07) is 41.9. The summed E-state index contributed by atoms with van der Waals surface area (Å²) >= 11 is 11.4. The summed E-state index contributed by atoms with van der Waals surface area (Å²) in [5, 5.41) is 61.2. The molecule has 0 saturated carbocycles. The Morgan fingerprint density at radius 3 is 1.21 bits per heavy atom. The van der Waals surface area contributed by atoms with Gasteiger partial charge in [-0.15, -0.1) is 20.4 Å². The van der Waals surface area contributed by atoms with E-state index in [-0.39, 0.29) is 132 Å². The predicted molar refractivity (Wildman–Crippen MR) is 534 cm³/mol. The second-order valence-corrected chi connectivity index (χ2v) is 31.3. The molecular formula is C91H121BBr2ClLi2N21O22P. The van der Waals surface area contributed by atoms with Crippen LogP contribution in [0.4, 0.5) is 11.4 Å². The summed E-state index contributed by atoms with van der Waals surface area (Å²) in [5.74, 6) is -1.16. The molecule has 1 aliphatic rings. The van der Waals surface area contributed by atoms with Crippen LogP contribution in [0.5, 0.6) is 23.5 Å². The van der Waals surface area contributed by atoms with Gasteiger partial charge >= 0.3 is 56.1 Å². The molecule has 141 heavy (non-hydrogen) atoms. The number of halogens is 3. The summed E-state index contributed by atoms with van der Waals surface area (Å²) in [6.07, 6.45) is 11.8. The van der Waals surface area contributed by atoms with Gasteiger partial charge < -0.3 is 86.2 Å². The molecule has 43 nitrogen and oxygen atoms in total. The van der Waals surface area contributed by atoms with Crippen LogP contribution in [0.2, 0.25) is 0 Å². The average Bonchev–Trinajstić information content (AvgIpc) is 1.66. The number of amides is 1. The number of aryl methyl sites for hydroxylation is 2. The number of hydrogen-bond donors (Lipinski definition) is 10. The summed E-state index contributed by atoms with van der Waals surface area (Å²) in [6.45, 7) is 13.4. The number of rotatable bonds is 38. The van der Waals surface area contributed by atoms with E-state index in [1.54, 1.807) is 93.9 Å². The SMILES string of the molecule is CC(=O)c1cccc(CBr)c1.CC1CCCO1.CNCCCBr.CNCCCOc1ccc(=O)[nH]n1.CNCCCOc1ccc(=O)n(Cc2cccc(C(=O)Nc3cn(C)nc3C(=O)OC)c2)n1.CNCCCOc1ccc(=O)n(Cc2cccc(C(=O)[O-])c2)n1.CNCCCOc1ccc(=O)n(Cc2cccc(C(C)=O)c2)n1.COC(=O)c1nn(C)cc1N.O=P[B]Cl.O=c1ccc(=O)[nH][nH]1.[Li+].[Li+].[OH-]. The first kappa shape index (κ1) is 129. The minimum atomic E-state index is -1.26. The number of anilines is 2. The third-order valence-electron chi connectivity index (χ3n) is 17.8. The van der Waals surface area contributed by atoms with Gasteiger partial charge in [0.05, 0.1) is 83.7 Å². The van der Waals surface area contributed by atoms with E-state index in [2.05, 4.69) is 121 Å². The van der Waals surface area contributed by atoms with Crippen molar-refractivity contribution in [2.24, 2.45) is 14.1 Å². The smallest absolute Gasteiger partial charge is 0.870 e. The Morgan fingerprint density at radius 2 is 0.879 bits per heavy atom. The van der Waals surface area contributed by atoms with Gasteiger partial charge in [0.15, 0.2) is 23.0 Å². The number of carbonyl (C=O) groups excluding carboxylic acids is 6. The molecule has 0 bridgehead atoms. The number of esters is 2. The number of methoxy groups -OCH3 is 2. The van der Waals surface area contributed by atoms with Crippen LogP contribution in [-0.4, -0.2) is 243 Å². The van der Waals surface area contributed by atoms with E-state index in [1.165, 1.54) is 131 Å². The maximum Gasteiger partial charge on any atom is 1.00 e. The van der Waals surface area contributed by atoms with Crippen LogP contribution in [0, 0.1) is 0 Å². The van der Waals surface area contributed by atoms with Crippen LogP contribution in [0.1, 0.15) is 150 Å². The average molecular weight is 2110 g/mol. The molecule has 12 rings (SSSR count). The quantitative estimate of drug-likeness (QED) is 0.00633. The second-order valence-electron chi connectivity index (χ2n) is 28.9. The molecule has 7 aromatic heterocycles. The molecule has 1 radical (unpaired) electrons. The number of carboxylic acid groups (broad SMARTS) is 1. The molecule has 1 atom stereocenters. The summed E-state index contributed by atoms with van der Waals surface area (Å²) in [4.78, 5) is 136. The van der Waals surface area contributed by atoms with E-state index < -0.39 is 23.8 Å². The van der Waals surface area contributed by atoms with Gasteiger partial charge in [0.1, 0.15) is 8.34 Å². The number of Topliss-reactive ketones (excluding diaryl/α,β-unsaturated/α-hetero) is 2. The van der Waals surface area contributed by atoms with E-state index >= 15 is 0 Å². The van der Waals surface area contributed by atoms with E-state index in [1.807, 2.05) is 65.6 Å². The van der Waals surface area contributed by atoms with E-state index in [0.717, 1.165) is 98.8 Å². The molecular weight excluding hydrogens is 1990 g/mol. The molecule has 8 heterocycles. The number of hydrogen-bond acceptors (Lipinski definition) is 34. The molecule has 4 aromatic carbocycles. The number of carboxylic acids is 1. The van der Waals surface area contributed by atoms with Crippen molar-refractivity contribution in [3.63, 3.8) is 0 Å². The van der Waals surface area contributed by atoms with E-state index in [4.69, 9.17) is 50.2 Å². The molecule has 11 aromatic rings. The molecule has 1 amide bonds. The van der Waals surface area contributed by atoms with Gasteiger partial charge in [-0.3, -0.25) is 67.3 Å². The zero-order chi connectivity index (χ0) is 102. The monoisotopic (exact) mass is 2110 g/mol. The number of ether oxygens (including phenoxy) is 7. The summed E-state index contributed by atoms with van der Waals surface area (Å²) in [5.41, 5.74) is 9.71. The Morgan fingerprint density at radius 1 is 0.518 bits per heavy atom. The number of aromatic amines is 3. The minimum absolute atomic E-state index is 0. The Hall–Kier alpha value is -12.0. The minimum Gasteiger partial charge on any atom is -0.870 e. The molecule has 753 valence electrons. The van der Waals surface area contributed by atoms with Gasteiger partial charge in [-0.2, -0.15) is 21.7 Å². The molecule has 1 fully saturated rings. The van der Waals surface area contributed by atoms with Crippen molar-refractivity contribution >= 4 is 105 Å². The number of nitrogens with one attached hydrogen (secondary N) is 9. The number of aromatic nitrogens is 14. The van der Waals surface area contributed by atoms with Crippen LogP contribution in [0.25, 0.3) is 0 Å². The number of nitrogens with zero attached hydrogens (tertiary/aromatic N) is 11. The molecule has 1 aliphatic heterocycles. The Labute approximate surface area is 863 Å². The second kappa shape index (κ2) is 76.8. The molecule has 12 N–H and O–H groups in total. The van der Waals surface area contributed by atoms with Crippen molar-refractivity contribution in [2.75, 3.05) is 132 Å². The Bertz CT molecular complexity index is 5690. The fraction of sp³-hybridized carbons (Fsp3) is 0.385. The first-order valence-corrected chi connectivity index (χ1v) is 46.6. The van der Waals surface area contributed by atoms with Crippen LogP contribution in [0.3, 0.4) is 0 Å². The maximum atomic E-state index is 12.8. The zero-order valence-corrected chi connectivity index (χ0v) is 86.3. The van der Waals surface area contributed by atoms with Gasteiger partial charge in [0.2, 0.25) is 23.5 Å². The number of H-pyrrole nitrogens is 3. The number of benzene rings is 4. The Kier molecular flexibility index (Phi) is 70.3. The number of carbonyl (C=O) groups is 6. The number of nitrogens with two attached hydrogens (primary N) is 1. The molecule has 50 heteroatoms. The third-order valence-corrected chi connectivity index (χ3v) is 19.3. The van der Waals surface area contributed by atoms with Gasteiger partial charge in [-0.25, -0.2) is 28.7 Å². The molecule has 0 aliphatic carbocycles. The van der Waals surface area contributed by atoms with Gasteiger partial charge in [-0.05, 0) is 192 Å².